The van der Waals surface area contributed by atoms with Gasteiger partial charge in [-0.05, 0) is 25.2 Å². The van der Waals surface area contributed by atoms with Gasteiger partial charge in [-0.3, -0.25) is 4.79 Å². The molecule has 1 rings (SSSR count). The lowest BCUT2D eigenvalue weighted by molar-refractivity contribution is -0.141. The number of carbonyl (C=O) groups is 2. The molecule has 3 N–H and O–H groups in total. The van der Waals surface area contributed by atoms with Gasteiger partial charge < -0.3 is 15.7 Å². The molecule has 2 amide bonds. The number of amides is 2. The van der Waals surface area contributed by atoms with Gasteiger partial charge in [0.2, 0.25) is 0 Å². The molecule has 0 radical (unpaired) electrons. The van der Waals surface area contributed by atoms with Gasteiger partial charge in [0.25, 0.3) is 0 Å². The monoisotopic (exact) mass is 270 g/mol. The van der Waals surface area contributed by atoms with E-state index in [1.165, 1.54) is 19.3 Å². The summed E-state index contributed by atoms with van der Waals surface area (Å²) in [5.74, 6) is -0.656. The van der Waals surface area contributed by atoms with Crippen LogP contribution in [0.5, 0.6) is 0 Å². The molecule has 0 aliphatic heterocycles. The van der Waals surface area contributed by atoms with Gasteiger partial charge >= 0.3 is 12.0 Å². The van der Waals surface area contributed by atoms with Gasteiger partial charge in [0.1, 0.15) is 0 Å². The van der Waals surface area contributed by atoms with Gasteiger partial charge in [-0.25, -0.2) is 4.79 Å². The number of carboxylic acid groups (broad SMARTS) is 1. The predicted molar refractivity (Wildman–Crippen MR) is 74.0 cm³/mol. The van der Waals surface area contributed by atoms with Gasteiger partial charge in [0.15, 0.2) is 0 Å². The van der Waals surface area contributed by atoms with Gasteiger partial charge in [0.05, 0.1) is 5.92 Å². The summed E-state index contributed by atoms with van der Waals surface area (Å²) in [6.45, 7) is 4.22. The third kappa shape index (κ3) is 5.49. The fourth-order valence-electron chi connectivity index (χ4n) is 2.63. The quantitative estimate of drug-likeness (QED) is 0.693. The lowest BCUT2D eigenvalue weighted by atomic mass is 9.83. The second kappa shape index (κ2) is 8.02. The van der Waals surface area contributed by atoms with E-state index in [1.807, 2.05) is 0 Å². The van der Waals surface area contributed by atoms with E-state index >= 15 is 0 Å². The lowest BCUT2D eigenvalue weighted by Crippen LogP contribution is -2.47. The van der Waals surface area contributed by atoms with Crippen molar-refractivity contribution >= 4 is 12.0 Å². The average molecular weight is 270 g/mol. The van der Waals surface area contributed by atoms with Gasteiger partial charge in [-0.15, -0.1) is 0 Å². The molecule has 1 aliphatic rings. The van der Waals surface area contributed by atoms with Crippen LogP contribution in [0.3, 0.4) is 0 Å². The van der Waals surface area contributed by atoms with Crippen molar-refractivity contribution in [2.45, 2.75) is 58.4 Å². The van der Waals surface area contributed by atoms with Crippen LogP contribution in [0.25, 0.3) is 0 Å². The van der Waals surface area contributed by atoms with E-state index < -0.39 is 11.9 Å². The Balaban J connectivity index is 2.24. The molecule has 0 aromatic rings. The highest BCUT2D eigenvalue weighted by atomic mass is 16.4. The first-order chi connectivity index (χ1) is 9.04. The van der Waals surface area contributed by atoms with E-state index in [-0.39, 0.29) is 12.1 Å². The Hall–Kier alpha value is -1.26. The van der Waals surface area contributed by atoms with Crippen LogP contribution in [0.1, 0.15) is 52.4 Å². The Morgan fingerprint density at radius 2 is 2.00 bits per heavy atom. The third-order valence-corrected chi connectivity index (χ3v) is 4.03. The minimum atomic E-state index is -0.819. The number of hydrogen-bond donors (Lipinski definition) is 3. The lowest BCUT2D eigenvalue weighted by Gasteiger charge is -2.31. The number of hydrogen-bond acceptors (Lipinski definition) is 2. The number of rotatable bonds is 6. The number of carbonyl (C=O) groups excluding carboxylic acids is 1. The summed E-state index contributed by atoms with van der Waals surface area (Å²) >= 11 is 0. The molecule has 0 heterocycles. The fourth-order valence-corrected chi connectivity index (χ4v) is 2.63. The van der Waals surface area contributed by atoms with Gasteiger partial charge in [-0.1, -0.05) is 33.1 Å². The summed E-state index contributed by atoms with van der Waals surface area (Å²) in [4.78, 5) is 22.4. The highest BCUT2D eigenvalue weighted by Gasteiger charge is 2.24. The number of nitrogens with one attached hydrogen (secondary N) is 2. The molecule has 0 aromatic carbocycles. The van der Waals surface area contributed by atoms with Crippen molar-refractivity contribution in [3.63, 3.8) is 0 Å². The number of urea groups is 1. The summed E-state index contributed by atoms with van der Waals surface area (Å²) in [5.41, 5.74) is 0. The minimum Gasteiger partial charge on any atom is -0.481 e. The molecule has 5 nitrogen and oxygen atoms in total. The van der Waals surface area contributed by atoms with Crippen LogP contribution in [-0.2, 0) is 4.79 Å². The summed E-state index contributed by atoms with van der Waals surface area (Å²) in [6, 6.07) is 0.110. The summed E-state index contributed by atoms with van der Waals surface area (Å²) < 4.78 is 0. The molecule has 1 saturated carbocycles. The first kappa shape index (κ1) is 15.8. The molecule has 110 valence electrons. The highest BCUT2D eigenvalue weighted by Crippen LogP contribution is 2.26. The maximum atomic E-state index is 11.8. The van der Waals surface area contributed by atoms with Crippen LogP contribution in [0.4, 0.5) is 4.79 Å². The first-order valence-electron chi connectivity index (χ1n) is 7.31. The van der Waals surface area contributed by atoms with Crippen LogP contribution in [0, 0.1) is 11.8 Å². The summed E-state index contributed by atoms with van der Waals surface area (Å²) in [5, 5.41) is 14.5. The van der Waals surface area contributed by atoms with Crippen molar-refractivity contribution < 1.29 is 14.7 Å². The Morgan fingerprint density at radius 3 is 2.63 bits per heavy atom. The molecule has 1 aliphatic carbocycles. The van der Waals surface area contributed by atoms with Gasteiger partial charge in [-0.2, -0.15) is 0 Å². The molecule has 0 spiro atoms. The standard InChI is InChI=1S/C14H26N2O3/c1-3-11-6-4-5-7-12(11)16-14(19)15-9-8-10(2)13(17)18/h10-12H,3-9H2,1-2H3,(H,17,18)(H2,15,16,19). The number of aliphatic carboxylic acids is 1. The van der Waals surface area contributed by atoms with Crippen molar-refractivity contribution in [1.29, 1.82) is 0 Å². The summed E-state index contributed by atoms with van der Waals surface area (Å²) in [6.07, 6.45) is 6.24. The maximum absolute atomic E-state index is 11.8. The van der Waals surface area contributed by atoms with E-state index in [1.54, 1.807) is 6.92 Å². The Morgan fingerprint density at radius 1 is 1.32 bits per heavy atom. The van der Waals surface area contributed by atoms with Crippen molar-refractivity contribution in [3.05, 3.63) is 0 Å². The molecule has 3 atom stereocenters. The normalized spacial score (nSPS) is 24.5. The second-order valence-electron chi connectivity index (χ2n) is 5.49. The maximum Gasteiger partial charge on any atom is 0.315 e. The van der Waals surface area contributed by atoms with Crippen LogP contribution in [0.2, 0.25) is 0 Å². The topological polar surface area (TPSA) is 78.4 Å². The molecule has 5 heteroatoms. The highest BCUT2D eigenvalue weighted by molar-refractivity contribution is 5.74. The zero-order valence-electron chi connectivity index (χ0n) is 11.9. The molecule has 19 heavy (non-hydrogen) atoms. The Bertz CT molecular complexity index is 307. The van der Waals surface area contributed by atoms with E-state index in [9.17, 15) is 9.59 Å². The number of carboxylic acids is 1. The van der Waals surface area contributed by atoms with E-state index in [0.29, 0.717) is 18.9 Å². The largest absolute Gasteiger partial charge is 0.481 e. The van der Waals surface area contributed by atoms with Crippen molar-refractivity contribution in [2.24, 2.45) is 11.8 Å². The van der Waals surface area contributed by atoms with Crippen LogP contribution in [-0.4, -0.2) is 29.7 Å². The van der Waals surface area contributed by atoms with Crippen molar-refractivity contribution in [2.75, 3.05) is 6.54 Å². The second-order valence-corrected chi connectivity index (χ2v) is 5.49. The molecular formula is C14H26N2O3. The molecule has 0 saturated heterocycles. The molecule has 0 aromatic heterocycles. The van der Waals surface area contributed by atoms with E-state index in [2.05, 4.69) is 17.6 Å². The Kier molecular flexibility index (Phi) is 6.67. The zero-order chi connectivity index (χ0) is 14.3. The van der Waals surface area contributed by atoms with Crippen molar-refractivity contribution in [1.82, 2.24) is 10.6 Å². The van der Waals surface area contributed by atoms with Crippen LogP contribution in [0.15, 0.2) is 0 Å². The first-order valence-corrected chi connectivity index (χ1v) is 7.31. The Labute approximate surface area is 115 Å². The molecular weight excluding hydrogens is 244 g/mol. The molecule has 0 bridgehead atoms. The predicted octanol–water partition coefficient (Wildman–Crippen LogP) is 2.37. The molecule has 3 unspecified atom stereocenters. The average Bonchev–Trinajstić information content (AvgIpc) is 2.39. The SMILES string of the molecule is CCC1CCCCC1NC(=O)NCCC(C)C(=O)O. The molecule has 1 fully saturated rings. The van der Waals surface area contributed by atoms with E-state index in [0.717, 1.165) is 12.8 Å². The van der Waals surface area contributed by atoms with Gasteiger partial charge in [0, 0.05) is 12.6 Å². The van der Waals surface area contributed by atoms with Crippen LogP contribution < -0.4 is 10.6 Å². The minimum absolute atomic E-state index is 0.164. The fraction of sp³-hybridized carbons (Fsp3) is 0.857. The van der Waals surface area contributed by atoms with Crippen LogP contribution >= 0.6 is 0 Å². The zero-order valence-corrected chi connectivity index (χ0v) is 11.9. The van der Waals surface area contributed by atoms with E-state index in [4.69, 9.17) is 5.11 Å². The third-order valence-electron chi connectivity index (χ3n) is 4.03. The summed E-state index contributed by atoms with van der Waals surface area (Å²) in [7, 11) is 0. The smallest absolute Gasteiger partial charge is 0.315 e. The van der Waals surface area contributed by atoms with Crippen molar-refractivity contribution in [3.8, 4) is 0 Å².